The molecule has 1 aromatic carbocycles. The fourth-order valence-corrected chi connectivity index (χ4v) is 2.57. The van der Waals surface area contributed by atoms with Gasteiger partial charge in [-0.3, -0.25) is 9.59 Å². The number of hydrogen-bond donors (Lipinski definition) is 2. The van der Waals surface area contributed by atoms with E-state index in [4.69, 9.17) is 10.5 Å². The Bertz CT molecular complexity index is 572. The van der Waals surface area contributed by atoms with Crippen molar-refractivity contribution in [2.45, 2.75) is 39.2 Å². The third-order valence-electron chi connectivity index (χ3n) is 3.84. The Labute approximate surface area is 149 Å². The SMILES string of the molecule is CCOc1ccc(C(=O)N2CCCCC2)cc1NC(=O)[C@H](C)N.Cl. The molecule has 1 aliphatic heterocycles. The number of anilines is 1. The molecule has 1 atom stereocenters. The van der Waals surface area contributed by atoms with Gasteiger partial charge in [-0.05, 0) is 51.3 Å². The molecule has 1 aromatic rings. The van der Waals surface area contributed by atoms with Crippen LogP contribution in [0.5, 0.6) is 5.75 Å². The number of nitrogens with two attached hydrogens (primary N) is 1. The van der Waals surface area contributed by atoms with Crippen LogP contribution in [0.25, 0.3) is 0 Å². The standard InChI is InChI=1S/C17H25N3O3.ClH/c1-3-23-15-8-7-13(11-14(15)19-16(21)12(2)18)17(22)20-9-5-4-6-10-20;/h7-8,11-12H,3-6,9-10,18H2,1-2H3,(H,19,21);1H/t12-;/m0./s1. The molecule has 0 aromatic heterocycles. The second-order valence-corrected chi connectivity index (χ2v) is 5.77. The van der Waals surface area contributed by atoms with Crippen molar-refractivity contribution >= 4 is 29.9 Å². The number of carbonyl (C=O) groups excluding carboxylic acids is 2. The molecular weight excluding hydrogens is 330 g/mol. The predicted octanol–water partition coefficient (Wildman–Crippen LogP) is 2.42. The first kappa shape index (κ1) is 20.3. The number of hydrogen-bond acceptors (Lipinski definition) is 4. The highest BCUT2D eigenvalue weighted by atomic mass is 35.5. The van der Waals surface area contributed by atoms with E-state index in [9.17, 15) is 9.59 Å². The average Bonchev–Trinajstić information content (AvgIpc) is 2.56. The van der Waals surface area contributed by atoms with E-state index in [2.05, 4.69) is 5.32 Å². The summed E-state index contributed by atoms with van der Waals surface area (Å²) in [5, 5.41) is 2.73. The smallest absolute Gasteiger partial charge is 0.253 e. The van der Waals surface area contributed by atoms with E-state index >= 15 is 0 Å². The fourth-order valence-electron chi connectivity index (χ4n) is 2.57. The van der Waals surface area contributed by atoms with Crippen LogP contribution in [-0.2, 0) is 4.79 Å². The molecule has 0 unspecified atom stereocenters. The Morgan fingerprint density at radius 2 is 1.96 bits per heavy atom. The zero-order valence-electron chi connectivity index (χ0n) is 14.2. The molecule has 0 spiro atoms. The van der Waals surface area contributed by atoms with Crippen molar-refractivity contribution in [2.24, 2.45) is 5.73 Å². The summed E-state index contributed by atoms with van der Waals surface area (Å²) in [6.07, 6.45) is 3.25. The Hall–Kier alpha value is -1.79. The number of likely N-dealkylation sites (tertiary alicyclic amines) is 1. The van der Waals surface area contributed by atoms with Crippen molar-refractivity contribution < 1.29 is 14.3 Å². The van der Waals surface area contributed by atoms with E-state index in [1.165, 1.54) is 6.42 Å². The minimum Gasteiger partial charge on any atom is -0.492 e. The number of amides is 2. The minimum absolute atomic E-state index is 0. The number of nitrogens with zero attached hydrogens (tertiary/aromatic N) is 1. The lowest BCUT2D eigenvalue weighted by molar-refractivity contribution is -0.117. The second-order valence-electron chi connectivity index (χ2n) is 5.77. The van der Waals surface area contributed by atoms with E-state index in [0.29, 0.717) is 23.6 Å². The van der Waals surface area contributed by atoms with Crippen molar-refractivity contribution in [3.05, 3.63) is 23.8 Å². The van der Waals surface area contributed by atoms with Gasteiger partial charge in [-0.2, -0.15) is 0 Å². The normalized spacial score (nSPS) is 15.2. The zero-order valence-corrected chi connectivity index (χ0v) is 15.0. The van der Waals surface area contributed by atoms with E-state index in [-0.39, 0.29) is 24.2 Å². The zero-order chi connectivity index (χ0) is 16.8. The number of nitrogens with one attached hydrogen (secondary N) is 1. The van der Waals surface area contributed by atoms with Gasteiger partial charge in [0, 0.05) is 18.7 Å². The van der Waals surface area contributed by atoms with Crippen LogP contribution in [-0.4, -0.2) is 42.5 Å². The summed E-state index contributed by atoms with van der Waals surface area (Å²) in [5.41, 5.74) is 6.63. The van der Waals surface area contributed by atoms with E-state index in [0.717, 1.165) is 25.9 Å². The summed E-state index contributed by atoms with van der Waals surface area (Å²) in [6.45, 7) is 5.52. The Balaban J connectivity index is 0.00000288. The van der Waals surface area contributed by atoms with Gasteiger partial charge in [-0.1, -0.05) is 0 Å². The van der Waals surface area contributed by atoms with Gasteiger partial charge < -0.3 is 20.7 Å². The van der Waals surface area contributed by atoms with Gasteiger partial charge in [-0.15, -0.1) is 12.4 Å². The highest BCUT2D eigenvalue weighted by Gasteiger charge is 2.20. The number of carbonyl (C=O) groups is 2. The molecule has 1 heterocycles. The summed E-state index contributed by atoms with van der Waals surface area (Å²) >= 11 is 0. The molecule has 24 heavy (non-hydrogen) atoms. The third kappa shape index (κ3) is 5.11. The number of benzene rings is 1. The molecule has 1 fully saturated rings. The van der Waals surface area contributed by atoms with Crippen LogP contribution < -0.4 is 15.8 Å². The van der Waals surface area contributed by atoms with Crippen LogP contribution in [0.4, 0.5) is 5.69 Å². The maximum atomic E-state index is 12.6. The van der Waals surface area contributed by atoms with E-state index < -0.39 is 6.04 Å². The Morgan fingerprint density at radius 1 is 1.29 bits per heavy atom. The van der Waals surface area contributed by atoms with Gasteiger partial charge in [0.25, 0.3) is 5.91 Å². The average molecular weight is 356 g/mol. The van der Waals surface area contributed by atoms with Gasteiger partial charge in [-0.25, -0.2) is 0 Å². The lowest BCUT2D eigenvalue weighted by atomic mass is 10.1. The maximum Gasteiger partial charge on any atom is 0.253 e. The molecule has 7 heteroatoms. The molecule has 2 amide bonds. The quantitative estimate of drug-likeness (QED) is 0.849. The lowest BCUT2D eigenvalue weighted by Crippen LogP contribution is -2.36. The largest absolute Gasteiger partial charge is 0.492 e. The first-order valence-electron chi connectivity index (χ1n) is 8.15. The van der Waals surface area contributed by atoms with Crippen LogP contribution in [0.2, 0.25) is 0 Å². The first-order chi connectivity index (χ1) is 11.0. The molecule has 3 N–H and O–H groups in total. The topological polar surface area (TPSA) is 84.7 Å². The molecule has 0 aliphatic carbocycles. The van der Waals surface area contributed by atoms with Crippen LogP contribution in [0.15, 0.2) is 18.2 Å². The first-order valence-corrected chi connectivity index (χ1v) is 8.15. The minimum atomic E-state index is -0.633. The van der Waals surface area contributed by atoms with Crippen molar-refractivity contribution in [3.63, 3.8) is 0 Å². The number of rotatable bonds is 5. The van der Waals surface area contributed by atoms with E-state index in [1.54, 1.807) is 25.1 Å². The molecule has 134 valence electrons. The summed E-state index contributed by atoms with van der Waals surface area (Å²) < 4.78 is 5.52. The van der Waals surface area contributed by atoms with Crippen LogP contribution in [0.3, 0.4) is 0 Å². The molecule has 0 saturated carbocycles. The lowest BCUT2D eigenvalue weighted by Gasteiger charge is -2.27. The number of ether oxygens (including phenoxy) is 1. The second kappa shape index (κ2) is 9.49. The molecule has 1 saturated heterocycles. The van der Waals surface area contributed by atoms with E-state index in [1.807, 2.05) is 11.8 Å². The van der Waals surface area contributed by atoms with Gasteiger partial charge in [0.2, 0.25) is 5.91 Å². The summed E-state index contributed by atoms with van der Waals surface area (Å²) in [7, 11) is 0. The molecule has 0 bridgehead atoms. The van der Waals surface area contributed by atoms with Crippen molar-refractivity contribution in [3.8, 4) is 5.75 Å². The molecular formula is C17H26ClN3O3. The van der Waals surface area contributed by atoms with Crippen molar-refractivity contribution in [1.82, 2.24) is 4.90 Å². The third-order valence-corrected chi connectivity index (χ3v) is 3.84. The van der Waals surface area contributed by atoms with Gasteiger partial charge in [0.05, 0.1) is 18.3 Å². The van der Waals surface area contributed by atoms with Gasteiger partial charge in [0.15, 0.2) is 0 Å². The maximum absolute atomic E-state index is 12.6. The molecule has 2 rings (SSSR count). The summed E-state index contributed by atoms with van der Waals surface area (Å²) in [4.78, 5) is 26.3. The highest BCUT2D eigenvalue weighted by Crippen LogP contribution is 2.27. The van der Waals surface area contributed by atoms with Crippen LogP contribution in [0.1, 0.15) is 43.5 Å². The van der Waals surface area contributed by atoms with Crippen LogP contribution >= 0.6 is 12.4 Å². The van der Waals surface area contributed by atoms with Crippen LogP contribution in [0, 0.1) is 0 Å². The predicted molar refractivity (Wildman–Crippen MR) is 96.9 cm³/mol. The molecule has 0 radical (unpaired) electrons. The highest BCUT2D eigenvalue weighted by molar-refractivity contribution is 5.99. The summed E-state index contributed by atoms with van der Waals surface area (Å²) in [5.74, 6) is 0.217. The number of piperidine rings is 1. The van der Waals surface area contributed by atoms with Gasteiger partial charge in [0.1, 0.15) is 5.75 Å². The van der Waals surface area contributed by atoms with Gasteiger partial charge >= 0.3 is 0 Å². The molecule has 1 aliphatic rings. The molecule has 6 nitrogen and oxygen atoms in total. The fraction of sp³-hybridized carbons (Fsp3) is 0.529. The Kier molecular flexibility index (Phi) is 8.01. The van der Waals surface area contributed by atoms with Crippen molar-refractivity contribution in [2.75, 3.05) is 25.0 Å². The number of halogens is 1. The van der Waals surface area contributed by atoms with Crippen molar-refractivity contribution in [1.29, 1.82) is 0 Å². The summed E-state index contributed by atoms with van der Waals surface area (Å²) in [6, 6.07) is 4.49. The monoisotopic (exact) mass is 355 g/mol. The Morgan fingerprint density at radius 3 is 2.54 bits per heavy atom.